The summed E-state index contributed by atoms with van der Waals surface area (Å²) in [5.74, 6) is 0.518. The van der Waals surface area contributed by atoms with Crippen molar-refractivity contribution in [1.82, 2.24) is 9.97 Å². The first-order valence-electron chi connectivity index (χ1n) is 7.98. The van der Waals surface area contributed by atoms with Crippen molar-refractivity contribution in [2.24, 2.45) is 0 Å². The van der Waals surface area contributed by atoms with E-state index in [1.807, 2.05) is 24.3 Å². The molecule has 0 radical (unpaired) electrons. The monoisotopic (exact) mass is 367 g/mol. The molecule has 6 heteroatoms. The van der Waals surface area contributed by atoms with Crippen molar-refractivity contribution < 1.29 is 4.42 Å². The number of anilines is 1. The molecule has 4 aromatic rings. The standard InChI is InChI=1S/C19H17N3OS2/c1-11(2)24-19-16(20)15-13(12-6-4-3-5-7-12)10-14(22-18(15)25-19)17-21-8-9-23-17/h3-11H,20H2,1-2H3. The molecule has 0 saturated heterocycles. The van der Waals surface area contributed by atoms with E-state index in [-0.39, 0.29) is 0 Å². The van der Waals surface area contributed by atoms with Crippen LogP contribution in [0.3, 0.4) is 0 Å². The van der Waals surface area contributed by atoms with E-state index in [1.54, 1.807) is 35.6 Å². The zero-order valence-electron chi connectivity index (χ0n) is 13.9. The Morgan fingerprint density at radius 3 is 2.68 bits per heavy atom. The SMILES string of the molecule is CC(C)Sc1sc2nc(-c3ncco3)cc(-c3ccccc3)c2c1N. The fraction of sp³-hybridized carbons (Fsp3) is 0.158. The molecule has 0 spiro atoms. The highest BCUT2D eigenvalue weighted by molar-refractivity contribution is 8.02. The van der Waals surface area contributed by atoms with E-state index >= 15 is 0 Å². The van der Waals surface area contributed by atoms with Gasteiger partial charge in [-0.15, -0.1) is 23.1 Å². The Morgan fingerprint density at radius 2 is 2.00 bits per heavy atom. The summed E-state index contributed by atoms with van der Waals surface area (Å²) >= 11 is 3.40. The molecule has 0 amide bonds. The number of rotatable bonds is 4. The number of nitrogen functional groups attached to an aromatic ring is 1. The Balaban J connectivity index is 2.00. The number of pyridine rings is 1. The van der Waals surface area contributed by atoms with Crippen LogP contribution in [0, 0.1) is 0 Å². The van der Waals surface area contributed by atoms with Crippen LogP contribution in [0.4, 0.5) is 5.69 Å². The number of thiophene rings is 1. The zero-order valence-corrected chi connectivity index (χ0v) is 15.5. The maximum atomic E-state index is 6.50. The van der Waals surface area contributed by atoms with Crippen LogP contribution < -0.4 is 5.73 Å². The third-order valence-corrected chi connectivity index (χ3v) is 6.08. The lowest BCUT2D eigenvalue weighted by Gasteiger charge is -2.07. The predicted octanol–water partition coefficient (Wildman–Crippen LogP) is 5.70. The number of benzene rings is 1. The molecule has 3 aromatic heterocycles. The molecular weight excluding hydrogens is 350 g/mol. The highest BCUT2D eigenvalue weighted by atomic mass is 32.2. The van der Waals surface area contributed by atoms with Crippen molar-refractivity contribution in [3.05, 3.63) is 48.9 Å². The van der Waals surface area contributed by atoms with E-state index in [4.69, 9.17) is 15.1 Å². The van der Waals surface area contributed by atoms with Gasteiger partial charge in [0.05, 0.1) is 16.1 Å². The normalized spacial score (nSPS) is 11.5. The van der Waals surface area contributed by atoms with Crippen LogP contribution in [-0.4, -0.2) is 15.2 Å². The maximum Gasteiger partial charge on any atom is 0.245 e. The van der Waals surface area contributed by atoms with Crippen LogP contribution in [0.1, 0.15) is 13.8 Å². The average molecular weight is 367 g/mol. The van der Waals surface area contributed by atoms with E-state index in [0.717, 1.165) is 36.9 Å². The van der Waals surface area contributed by atoms with Crippen molar-refractivity contribution in [2.75, 3.05) is 5.73 Å². The lowest BCUT2D eigenvalue weighted by molar-refractivity contribution is 0.572. The predicted molar refractivity (Wildman–Crippen MR) is 106 cm³/mol. The number of oxazole rings is 1. The average Bonchev–Trinajstić information content (AvgIpc) is 3.24. The van der Waals surface area contributed by atoms with E-state index in [1.165, 1.54) is 0 Å². The van der Waals surface area contributed by atoms with Crippen molar-refractivity contribution in [2.45, 2.75) is 23.3 Å². The number of nitrogens with two attached hydrogens (primary N) is 1. The van der Waals surface area contributed by atoms with Gasteiger partial charge >= 0.3 is 0 Å². The topological polar surface area (TPSA) is 64.9 Å². The number of aromatic nitrogens is 2. The number of hydrogen-bond donors (Lipinski definition) is 1. The molecule has 1 aromatic carbocycles. The first-order valence-corrected chi connectivity index (χ1v) is 9.68. The highest BCUT2D eigenvalue weighted by Crippen LogP contribution is 2.45. The number of fused-ring (bicyclic) bond motifs is 1. The minimum atomic E-state index is 0.460. The fourth-order valence-electron chi connectivity index (χ4n) is 2.71. The van der Waals surface area contributed by atoms with Gasteiger partial charge in [0.15, 0.2) is 0 Å². The Morgan fingerprint density at radius 1 is 1.20 bits per heavy atom. The molecule has 0 atom stereocenters. The molecule has 4 rings (SSSR count). The van der Waals surface area contributed by atoms with Gasteiger partial charge in [0, 0.05) is 10.6 Å². The molecule has 0 saturated carbocycles. The third-order valence-electron chi connectivity index (χ3n) is 3.74. The van der Waals surface area contributed by atoms with Gasteiger partial charge in [-0.3, -0.25) is 0 Å². The van der Waals surface area contributed by atoms with Gasteiger partial charge in [0.1, 0.15) is 16.8 Å². The summed E-state index contributed by atoms with van der Waals surface area (Å²) in [7, 11) is 0. The van der Waals surface area contributed by atoms with Crippen LogP contribution in [0.5, 0.6) is 0 Å². The van der Waals surface area contributed by atoms with Gasteiger partial charge in [-0.1, -0.05) is 44.2 Å². The number of hydrogen-bond acceptors (Lipinski definition) is 6. The summed E-state index contributed by atoms with van der Waals surface area (Å²) in [6, 6.07) is 12.2. The molecular formula is C19H17N3OS2. The van der Waals surface area contributed by atoms with Gasteiger partial charge in [0.25, 0.3) is 0 Å². The summed E-state index contributed by atoms with van der Waals surface area (Å²) in [5.41, 5.74) is 10.2. The molecule has 25 heavy (non-hydrogen) atoms. The zero-order chi connectivity index (χ0) is 17.4. The molecule has 126 valence electrons. The van der Waals surface area contributed by atoms with Crippen LogP contribution in [-0.2, 0) is 0 Å². The molecule has 2 N–H and O–H groups in total. The minimum absolute atomic E-state index is 0.460. The number of nitrogens with zero attached hydrogens (tertiary/aromatic N) is 2. The Labute approximate surface area is 154 Å². The highest BCUT2D eigenvalue weighted by Gasteiger charge is 2.19. The quantitative estimate of drug-likeness (QED) is 0.469. The Bertz CT molecular complexity index is 1010. The number of thioether (sulfide) groups is 1. The summed E-state index contributed by atoms with van der Waals surface area (Å²) in [4.78, 5) is 9.92. The van der Waals surface area contributed by atoms with E-state index in [2.05, 4.69) is 31.0 Å². The van der Waals surface area contributed by atoms with Gasteiger partial charge in [-0.25, -0.2) is 9.97 Å². The summed E-state index contributed by atoms with van der Waals surface area (Å²) < 4.78 is 6.57. The van der Waals surface area contributed by atoms with Crippen molar-refractivity contribution in [3.63, 3.8) is 0 Å². The van der Waals surface area contributed by atoms with Crippen LogP contribution in [0.15, 0.2) is 57.5 Å². The molecule has 0 bridgehead atoms. The first kappa shape index (κ1) is 16.2. The van der Waals surface area contributed by atoms with Gasteiger partial charge < -0.3 is 10.2 Å². The minimum Gasteiger partial charge on any atom is -0.443 e. The largest absolute Gasteiger partial charge is 0.443 e. The summed E-state index contributed by atoms with van der Waals surface area (Å²) in [6.07, 6.45) is 3.19. The third kappa shape index (κ3) is 3.03. The molecule has 0 aliphatic carbocycles. The lowest BCUT2D eigenvalue weighted by atomic mass is 10.0. The molecule has 3 heterocycles. The Kier molecular flexibility index (Phi) is 4.23. The summed E-state index contributed by atoms with van der Waals surface area (Å²) in [6.45, 7) is 4.33. The summed E-state index contributed by atoms with van der Waals surface area (Å²) in [5, 5.41) is 1.47. The van der Waals surface area contributed by atoms with E-state index in [0.29, 0.717) is 11.1 Å². The van der Waals surface area contributed by atoms with Crippen molar-refractivity contribution in [3.8, 4) is 22.7 Å². The molecule has 0 aliphatic rings. The molecule has 0 unspecified atom stereocenters. The maximum absolute atomic E-state index is 6.50. The smallest absolute Gasteiger partial charge is 0.245 e. The van der Waals surface area contributed by atoms with E-state index < -0.39 is 0 Å². The van der Waals surface area contributed by atoms with Crippen molar-refractivity contribution in [1.29, 1.82) is 0 Å². The molecule has 0 aliphatic heterocycles. The second-order valence-electron chi connectivity index (χ2n) is 5.91. The lowest BCUT2D eigenvalue weighted by Crippen LogP contribution is -1.92. The second kappa shape index (κ2) is 6.54. The fourth-order valence-corrected chi connectivity index (χ4v) is 5.22. The van der Waals surface area contributed by atoms with Crippen LogP contribution in [0.2, 0.25) is 0 Å². The van der Waals surface area contributed by atoms with Crippen LogP contribution >= 0.6 is 23.1 Å². The molecule has 4 nitrogen and oxygen atoms in total. The first-order chi connectivity index (χ1) is 12.1. The van der Waals surface area contributed by atoms with Gasteiger partial charge in [-0.05, 0) is 17.2 Å². The van der Waals surface area contributed by atoms with Gasteiger partial charge in [-0.2, -0.15) is 0 Å². The van der Waals surface area contributed by atoms with E-state index in [9.17, 15) is 0 Å². The second-order valence-corrected chi connectivity index (χ2v) is 8.75. The molecule has 0 fully saturated rings. The Hall–Kier alpha value is -2.31. The van der Waals surface area contributed by atoms with Crippen molar-refractivity contribution >= 4 is 39.0 Å². The van der Waals surface area contributed by atoms with Gasteiger partial charge in [0.2, 0.25) is 5.89 Å². The van der Waals surface area contributed by atoms with Crippen LogP contribution in [0.25, 0.3) is 32.9 Å².